The number of ether oxygens (including phenoxy) is 2. The van der Waals surface area contributed by atoms with Crippen molar-refractivity contribution in [1.82, 2.24) is 9.47 Å². The van der Waals surface area contributed by atoms with E-state index in [1.54, 1.807) is 10.6 Å². The Kier molecular flexibility index (Phi) is 5.71. The number of benzene rings is 1. The summed E-state index contributed by atoms with van der Waals surface area (Å²) in [6.07, 6.45) is 8.86. The fourth-order valence-corrected chi connectivity index (χ4v) is 6.69. The molecule has 2 aliphatic rings. The zero-order chi connectivity index (χ0) is 21.3. The van der Waals surface area contributed by atoms with Gasteiger partial charge in [0.05, 0.1) is 31.5 Å². The number of carbonyl (C=O) groups excluding carboxylic acids is 2. The summed E-state index contributed by atoms with van der Waals surface area (Å²) in [6.45, 7) is 0. The van der Waals surface area contributed by atoms with E-state index < -0.39 is 12.1 Å². The van der Waals surface area contributed by atoms with Crippen molar-refractivity contribution >= 4 is 46.5 Å². The molecule has 0 saturated carbocycles. The number of fused-ring (bicyclic) bond motifs is 1. The zero-order valence-corrected chi connectivity index (χ0v) is 18.5. The number of hydrogen-bond donors (Lipinski definition) is 0. The van der Waals surface area contributed by atoms with Gasteiger partial charge in [0.25, 0.3) is 0 Å². The van der Waals surface area contributed by atoms with Crippen molar-refractivity contribution in [1.29, 1.82) is 0 Å². The lowest BCUT2D eigenvalue weighted by molar-refractivity contribution is -0.134. The van der Waals surface area contributed by atoms with E-state index in [4.69, 9.17) is 4.74 Å². The Morgan fingerprint density at radius 1 is 1.20 bits per heavy atom. The lowest BCUT2D eigenvalue weighted by atomic mass is 10.0. The topological polar surface area (TPSA) is 60.8 Å². The Morgan fingerprint density at radius 3 is 2.60 bits per heavy atom. The Balaban J connectivity index is 1.74. The molecule has 1 saturated heterocycles. The van der Waals surface area contributed by atoms with Crippen LogP contribution < -0.4 is 0 Å². The van der Waals surface area contributed by atoms with Crippen molar-refractivity contribution in [2.24, 2.45) is 0 Å². The van der Waals surface area contributed by atoms with Crippen LogP contribution in [0.3, 0.4) is 0 Å². The normalized spacial score (nSPS) is 20.2. The highest BCUT2D eigenvalue weighted by molar-refractivity contribution is 8.33. The van der Waals surface area contributed by atoms with E-state index >= 15 is 0 Å². The number of thioether (sulfide) groups is 2. The third-order valence-corrected chi connectivity index (χ3v) is 8.65. The van der Waals surface area contributed by atoms with Crippen LogP contribution in [0.5, 0.6) is 0 Å². The number of methoxy groups -OCH3 is 2. The minimum absolute atomic E-state index is 0.0178. The second kappa shape index (κ2) is 8.28. The van der Waals surface area contributed by atoms with Gasteiger partial charge in [-0.3, -0.25) is 0 Å². The van der Waals surface area contributed by atoms with E-state index in [9.17, 15) is 9.59 Å². The van der Waals surface area contributed by atoms with Crippen LogP contribution in [0.25, 0.3) is 10.9 Å². The molecule has 6 nitrogen and oxygen atoms in total. The molecule has 1 fully saturated rings. The molecular formula is C22H22N2O4S2. The molecule has 1 atom stereocenters. The standard InChI is InChI=1S/C22H22N2O4S2/c1-23-13-15(9-11-20(25)27-2)8-10-18(23)22(29-14-30-22)19-12-16-6-4-5-7-17(16)24(19)21(26)28-3/h4-13,18H,14H2,1-3H3/b11-9+. The number of para-hydroxylation sites is 1. The van der Waals surface area contributed by atoms with Crippen LogP contribution in [0.15, 0.2) is 66.4 Å². The summed E-state index contributed by atoms with van der Waals surface area (Å²) in [4.78, 5) is 26.2. The monoisotopic (exact) mass is 442 g/mol. The van der Waals surface area contributed by atoms with Crippen LogP contribution in [-0.2, 0) is 18.3 Å². The van der Waals surface area contributed by atoms with Crippen molar-refractivity contribution in [2.45, 2.75) is 10.1 Å². The molecule has 2 aliphatic heterocycles. The Morgan fingerprint density at radius 2 is 1.97 bits per heavy atom. The number of rotatable bonds is 4. The van der Waals surface area contributed by atoms with Gasteiger partial charge in [0, 0.05) is 29.8 Å². The number of nitrogens with zero attached hydrogens (tertiary/aromatic N) is 2. The molecule has 30 heavy (non-hydrogen) atoms. The molecule has 1 unspecified atom stereocenters. The van der Waals surface area contributed by atoms with Crippen LogP contribution in [-0.4, -0.2) is 53.9 Å². The van der Waals surface area contributed by atoms with Gasteiger partial charge in [-0.05, 0) is 23.8 Å². The number of hydrogen-bond acceptors (Lipinski definition) is 7. The van der Waals surface area contributed by atoms with Crippen LogP contribution in [0.4, 0.5) is 4.79 Å². The molecule has 0 bridgehead atoms. The van der Waals surface area contributed by atoms with Crippen molar-refractivity contribution in [3.63, 3.8) is 0 Å². The van der Waals surface area contributed by atoms with Crippen molar-refractivity contribution in [3.8, 4) is 0 Å². The van der Waals surface area contributed by atoms with Crippen molar-refractivity contribution < 1.29 is 19.1 Å². The molecule has 0 spiro atoms. The quantitative estimate of drug-likeness (QED) is 0.516. The predicted octanol–water partition coefficient (Wildman–Crippen LogP) is 4.33. The zero-order valence-electron chi connectivity index (χ0n) is 16.9. The second-order valence-corrected chi connectivity index (χ2v) is 9.99. The van der Waals surface area contributed by atoms with E-state index in [1.165, 1.54) is 20.3 Å². The van der Waals surface area contributed by atoms with Crippen LogP contribution in [0.2, 0.25) is 0 Å². The third-order valence-electron chi connectivity index (χ3n) is 5.24. The van der Waals surface area contributed by atoms with Gasteiger partial charge in [-0.25, -0.2) is 14.2 Å². The number of allylic oxidation sites excluding steroid dienone is 3. The molecule has 156 valence electrons. The molecule has 1 aromatic heterocycles. The predicted molar refractivity (Wildman–Crippen MR) is 121 cm³/mol. The lowest BCUT2D eigenvalue weighted by Crippen LogP contribution is -2.48. The average molecular weight is 443 g/mol. The molecule has 8 heteroatoms. The minimum atomic E-state index is -0.391. The molecule has 0 aliphatic carbocycles. The highest BCUT2D eigenvalue weighted by Gasteiger charge is 2.51. The molecule has 0 radical (unpaired) electrons. The molecule has 2 aromatic rings. The van der Waals surface area contributed by atoms with Gasteiger partial charge in [-0.15, -0.1) is 23.5 Å². The second-order valence-electron chi connectivity index (χ2n) is 6.92. The summed E-state index contributed by atoms with van der Waals surface area (Å²) >= 11 is 3.63. The first-order valence-corrected chi connectivity index (χ1v) is 11.3. The maximum atomic E-state index is 12.7. The first-order chi connectivity index (χ1) is 14.5. The van der Waals surface area contributed by atoms with E-state index in [0.717, 1.165) is 27.3 Å². The molecule has 1 aromatic carbocycles. The summed E-state index contributed by atoms with van der Waals surface area (Å²) < 4.78 is 11.1. The smallest absolute Gasteiger partial charge is 0.418 e. The fourth-order valence-electron chi connectivity index (χ4n) is 3.78. The Bertz CT molecular complexity index is 1080. The van der Waals surface area contributed by atoms with Gasteiger partial charge in [-0.2, -0.15) is 0 Å². The van der Waals surface area contributed by atoms with Crippen LogP contribution in [0, 0.1) is 0 Å². The SMILES string of the molecule is COC(=O)/C=C/C1=CN(C)C(C2(c3cc4ccccc4n3C(=O)OC)SCS2)C=C1. The van der Waals surface area contributed by atoms with Gasteiger partial charge in [0.15, 0.2) is 0 Å². The first-order valence-electron chi connectivity index (χ1n) is 9.35. The summed E-state index contributed by atoms with van der Waals surface area (Å²) in [5.74, 6) is -0.391. The van der Waals surface area contributed by atoms with Crippen molar-refractivity contribution in [3.05, 3.63) is 72.1 Å². The number of likely N-dealkylation sites (N-methyl/N-ethyl adjacent to an activating group) is 1. The van der Waals surface area contributed by atoms with E-state index in [-0.39, 0.29) is 10.1 Å². The summed E-state index contributed by atoms with van der Waals surface area (Å²) in [5.41, 5.74) is 2.66. The Labute approximate surface area is 183 Å². The van der Waals surface area contributed by atoms with Gasteiger partial charge in [0.2, 0.25) is 0 Å². The first kappa shape index (κ1) is 20.7. The van der Waals surface area contributed by atoms with E-state index in [0.29, 0.717) is 0 Å². The highest BCUT2D eigenvalue weighted by atomic mass is 32.3. The summed E-state index contributed by atoms with van der Waals surface area (Å²) in [7, 11) is 4.77. The molecule has 0 amide bonds. The largest absolute Gasteiger partial charge is 0.466 e. The number of esters is 1. The van der Waals surface area contributed by atoms with E-state index in [2.05, 4.69) is 21.8 Å². The molecular weight excluding hydrogens is 420 g/mol. The molecule has 4 rings (SSSR count). The minimum Gasteiger partial charge on any atom is -0.466 e. The maximum Gasteiger partial charge on any atom is 0.418 e. The third kappa shape index (κ3) is 3.44. The van der Waals surface area contributed by atoms with Crippen LogP contribution in [0.1, 0.15) is 5.69 Å². The average Bonchev–Trinajstić information content (AvgIpc) is 3.11. The fraction of sp³-hybridized carbons (Fsp3) is 0.273. The summed E-state index contributed by atoms with van der Waals surface area (Å²) in [5, 5.41) is 1.95. The highest BCUT2D eigenvalue weighted by Crippen LogP contribution is 2.62. The van der Waals surface area contributed by atoms with Gasteiger partial charge < -0.3 is 14.4 Å². The Hall–Kier alpha value is -2.58. The van der Waals surface area contributed by atoms with E-state index in [1.807, 2.05) is 67.1 Å². The van der Waals surface area contributed by atoms with Crippen molar-refractivity contribution in [2.75, 3.05) is 26.4 Å². The summed E-state index contributed by atoms with van der Waals surface area (Å²) in [6, 6.07) is 9.95. The van der Waals surface area contributed by atoms with Gasteiger partial charge >= 0.3 is 12.1 Å². The van der Waals surface area contributed by atoms with Crippen LogP contribution >= 0.6 is 23.5 Å². The number of carbonyl (C=O) groups is 2. The number of aromatic nitrogens is 1. The molecule has 0 N–H and O–H groups in total. The lowest BCUT2D eigenvalue weighted by Gasteiger charge is -2.49. The molecule has 3 heterocycles. The van der Waals surface area contributed by atoms with Gasteiger partial charge in [-0.1, -0.05) is 30.4 Å². The van der Waals surface area contributed by atoms with Gasteiger partial charge in [0.1, 0.15) is 4.08 Å². The maximum absolute atomic E-state index is 12.7.